The SMILES string of the molecule is Cc1ncsc1-c1ccc(C(C)S)cc1. The maximum absolute atomic E-state index is 4.41. The number of hydrogen-bond donors (Lipinski definition) is 1. The van der Waals surface area contributed by atoms with Crippen LogP contribution < -0.4 is 0 Å². The molecule has 0 fully saturated rings. The number of nitrogens with zero attached hydrogens (tertiary/aromatic N) is 1. The predicted molar refractivity (Wildman–Crippen MR) is 69.7 cm³/mol. The molecule has 0 amide bonds. The van der Waals surface area contributed by atoms with Gasteiger partial charge in [-0.25, -0.2) is 4.98 Å². The molecular formula is C12H13NS2. The first kappa shape index (κ1) is 10.7. The maximum Gasteiger partial charge on any atom is 0.0801 e. The van der Waals surface area contributed by atoms with Gasteiger partial charge in [-0.05, 0) is 25.0 Å². The quantitative estimate of drug-likeness (QED) is 0.773. The molecule has 2 rings (SSSR count). The summed E-state index contributed by atoms with van der Waals surface area (Å²) in [5, 5.41) is 0.293. The fraction of sp³-hybridized carbons (Fsp3) is 0.250. The molecule has 0 aliphatic heterocycles. The Labute approximate surface area is 99.6 Å². The number of aromatic nitrogens is 1. The summed E-state index contributed by atoms with van der Waals surface area (Å²) >= 11 is 6.09. The average molecular weight is 235 g/mol. The van der Waals surface area contributed by atoms with E-state index < -0.39 is 0 Å². The summed E-state index contributed by atoms with van der Waals surface area (Å²) in [5.74, 6) is 0. The molecule has 78 valence electrons. The summed E-state index contributed by atoms with van der Waals surface area (Å²) in [7, 11) is 0. The van der Waals surface area contributed by atoms with E-state index in [2.05, 4.69) is 48.8 Å². The van der Waals surface area contributed by atoms with Gasteiger partial charge in [0.1, 0.15) is 0 Å². The molecule has 1 nitrogen and oxygen atoms in total. The fourth-order valence-electron chi connectivity index (χ4n) is 1.49. The van der Waals surface area contributed by atoms with Crippen LogP contribution in [-0.2, 0) is 0 Å². The van der Waals surface area contributed by atoms with E-state index in [4.69, 9.17) is 0 Å². The predicted octanol–water partition coefficient (Wildman–Crippen LogP) is 4.11. The Balaban J connectivity index is 2.36. The lowest BCUT2D eigenvalue weighted by Crippen LogP contribution is -1.84. The van der Waals surface area contributed by atoms with Crippen LogP contribution in [0.25, 0.3) is 10.4 Å². The molecule has 0 saturated carbocycles. The minimum Gasteiger partial charge on any atom is -0.249 e. The molecule has 1 unspecified atom stereocenters. The van der Waals surface area contributed by atoms with Gasteiger partial charge in [-0.15, -0.1) is 11.3 Å². The summed E-state index contributed by atoms with van der Waals surface area (Å²) in [5.41, 5.74) is 5.49. The first-order valence-corrected chi connectivity index (χ1v) is 6.26. The van der Waals surface area contributed by atoms with Gasteiger partial charge >= 0.3 is 0 Å². The van der Waals surface area contributed by atoms with Crippen molar-refractivity contribution in [2.24, 2.45) is 0 Å². The molecule has 1 aromatic heterocycles. The molecule has 0 saturated heterocycles. The lowest BCUT2D eigenvalue weighted by atomic mass is 10.1. The second-order valence-corrected chi connectivity index (χ2v) is 5.19. The molecule has 0 aliphatic carbocycles. The third-order valence-electron chi connectivity index (χ3n) is 2.40. The zero-order valence-electron chi connectivity index (χ0n) is 8.77. The molecule has 15 heavy (non-hydrogen) atoms. The normalized spacial score (nSPS) is 12.7. The van der Waals surface area contributed by atoms with E-state index in [1.165, 1.54) is 16.0 Å². The number of thiol groups is 1. The van der Waals surface area contributed by atoms with Gasteiger partial charge in [0.25, 0.3) is 0 Å². The first-order chi connectivity index (χ1) is 7.18. The highest BCUT2D eigenvalue weighted by Crippen LogP contribution is 2.28. The molecule has 1 atom stereocenters. The fourth-order valence-corrected chi connectivity index (χ4v) is 2.48. The minimum absolute atomic E-state index is 0.293. The smallest absolute Gasteiger partial charge is 0.0801 e. The van der Waals surface area contributed by atoms with Crippen molar-refractivity contribution in [1.29, 1.82) is 0 Å². The summed E-state index contributed by atoms with van der Waals surface area (Å²) in [6.07, 6.45) is 0. The van der Waals surface area contributed by atoms with Crippen molar-refractivity contribution in [3.63, 3.8) is 0 Å². The summed E-state index contributed by atoms with van der Waals surface area (Å²) < 4.78 is 0. The second kappa shape index (κ2) is 4.37. The molecule has 0 N–H and O–H groups in total. The Kier molecular flexibility index (Phi) is 3.12. The third-order valence-corrected chi connectivity index (χ3v) is 3.68. The lowest BCUT2D eigenvalue weighted by molar-refractivity contribution is 1.11. The van der Waals surface area contributed by atoms with Crippen molar-refractivity contribution in [2.75, 3.05) is 0 Å². The van der Waals surface area contributed by atoms with Crippen molar-refractivity contribution in [3.05, 3.63) is 41.0 Å². The van der Waals surface area contributed by atoms with Gasteiger partial charge in [-0.3, -0.25) is 0 Å². The monoisotopic (exact) mass is 235 g/mol. The second-order valence-electron chi connectivity index (χ2n) is 3.56. The number of thiazole rings is 1. The van der Waals surface area contributed by atoms with Crippen LogP contribution in [0.3, 0.4) is 0 Å². The zero-order valence-corrected chi connectivity index (χ0v) is 10.5. The van der Waals surface area contributed by atoms with Crippen LogP contribution in [-0.4, -0.2) is 4.98 Å². The van der Waals surface area contributed by atoms with Crippen LogP contribution in [0.1, 0.15) is 23.4 Å². The minimum atomic E-state index is 0.293. The van der Waals surface area contributed by atoms with E-state index in [1.807, 2.05) is 12.4 Å². The average Bonchev–Trinajstić information content (AvgIpc) is 2.65. The molecule has 0 radical (unpaired) electrons. The van der Waals surface area contributed by atoms with Gasteiger partial charge < -0.3 is 0 Å². The molecule has 0 spiro atoms. The van der Waals surface area contributed by atoms with Gasteiger partial charge in [0, 0.05) is 5.25 Å². The van der Waals surface area contributed by atoms with Crippen LogP contribution in [0.5, 0.6) is 0 Å². The maximum atomic E-state index is 4.41. The highest BCUT2D eigenvalue weighted by molar-refractivity contribution is 7.80. The van der Waals surface area contributed by atoms with Crippen molar-refractivity contribution in [3.8, 4) is 10.4 Å². The van der Waals surface area contributed by atoms with E-state index in [0.29, 0.717) is 5.25 Å². The van der Waals surface area contributed by atoms with Gasteiger partial charge in [0.05, 0.1) is 16.1 Å². The number of aryl methyl sites for hydroxylation is 1. The van der Waals surface area contributed by atoms with Gasteiger partial charge in [-0.1, -0.05) is 24.3 Å². The number of rotatable bonds is 2. The Morgan fingerprint density at radius 3 is 2.40 bits per heavy atom. The van der Waals surface area contributed by atoms with Crippen molar-refractivity contribution < 1.29 is 0 Å². The summed E-state index contributed by atoms with van der Waals surface area (Å²) in [4.78, 5) is 5.51. The van der Waals surface area contributed by atoms with Crippen molar-refractivity contribution in [1.82, 2.24) is 4.98 Å². The van der Waals surface area contributed by atoms with Crippen LogP contribution >= 0.6 is 24.0 Å². The van der Waals surface area contributed by atoms with Crippen LogP contribution in [0.4, 0.5) is 0 Å². The molecule has 1 heterocycles. The molecule has 2 aromatic rings. The molecule has 1 aromatic carbocycles. The van der Waals surface area contributed by atoms with Crippen LogP contribution in [0.2, 0.25) is 0 Å². The Bertz CT molecular complexity index is 443. The molecule has 0 bridgehead atoms. The van der Waals surface area contributed by atoms with Crippen LogP contribution in [0.15, 0.2) is 29.8 Å². The van der Waals surface area contributed by atoms with Crippen molar-refractivity contribution in [2.45, 2.75) is 19.1 Å². The van der Waals surface area contributed by atoms with Crippen LogP contribution in [0, 0.1) is 6.92 Å². The van der Waals surface area contributed by atoms with Gasteiger partial charge in [0.2, 0.25) is 0 Å². The van der Waals surface area contributed by atoms with E-state index in [1.54, 1.807) is 11.3 Å². The largest absolute Gasteiger partial charge is 0.249 e. The van der Waals surface area contributed by atoms with Crippen molar-refractivity contribution >= 4 is 24.0 Å². The third kappa shape index (κ3) is 2.24. The Morgan fingerprint density at radius 1 is 1.27 bits per heavy atom. The van der Waals surface area contributed by atoms with Gasteiger partial charge in [-0.2, -0.15) is 12.6 Å². The topological polar surface area (TPSA) is 12.9 Å². The molecule has 3 heteroatoms. The summed E-state index contributed by atoms with van der Waals surface area (Å²) in [6.45, 7) is 4.12. The van der Waals surface area contributed by atoms with E-state index in [0.717, 1.165) is 5.69 Å². The highest BCUT2D eigenvalue weighted by atomic mass is 32.1. The van der Waals surface area contributed by atoms with E-state index in [9.17, 15) is 0 Å². The first-order valence-electron chi connectivity index (χ1n) is 4.87. The van der Waals surface area contributed by atoms with E-state index in [-0.39, 0.29) is 0 Å². The number of hydrogen-bond acceptors (Lipinski definition) is 3. The highest BCUT2D eigenvalue weighted by Gasteiger charge is 2.05. The number of benzene rings is 1. The standard InChI is InChI=1S/C12H13NS2/c1-8-12(15-7-13-8)11-5-3-10(4-6-11)9(2)14/h3-7,9,14H,1-2H3. The Morgan fingerprint density at radius 2 is 1.93 bits per heavy atom. The molecule has 0 aliphatic rings. The zero-order chi connectivity index (χ0) is 10.8. The lowest BCUT2D eigenvalue weighted by Gasteiger charge is -2.05. The van der Waals surface area contributed by atoms with Gasteiger partial charge in [0.15, 0.2) is 0 Å². The molecular weight excluding hydrogens is 222 g/mol. The summed E-state index contributed by atoms with van der Waals surface area (Å²) in [6, 6.07) is 8.55. The van der Waals surface area contributed by atoms with E-state index >= 15 is 0 Å². The Hall–Kier alpha value is -0.800.